The highest BCUT2D eigenvalue weighted by Crippen LogP contribution is 2.37. The van der Waals surface area contributed by atoms with Crippen molar-refractivity contribution in [2.45, 2.75) is 50.5 Å². The number of hydrogen-bond acceptors (Lipinski definition) is 3. The van der Waals surface area contributed by atoms with E-state index in [1.54, 1.807) is 0 Å². The average molecular weight is 302 g/mol. The van der Waals surface area contributed by atoms with Crippen molar-refractivity contribution >= 4 is 11.6 Å². The lowest BCUT2D eigenvalue weighted by molar-refractivity contribution is -0.138. The van der Waals surface area contributed by atoms with Crippen LogP contribution in [0.4, 0.5) is 5.69 Å². The van der Waals surface area contributed by atoms with Gasteiger partial charge in [-0.1, -0.05) is 12.1 Å². The standard InChI is InChI=1S/C18H26N2O2/c19-16-9-7-14(8-10-16)13-3-5-15(6-4-13)18(22)20-11-1-2-17(20)12-21/h7-10,13,15,17,21H,1-6,11-12,19H2/t13?,15?,17-/m0/s1. The van der Waals surface area contributed by atoms with E-state index in [1.165, 1.54) is 5.56 Å². The Kier molecular flexibility index (Phi) is 4.67. The molecule has 3 N–H and O–H groups in total. The van der Waals surface area contributed by atoms with Crippen LogP contribution in [-0.2, 0) is 4.79 Å². The van der Waals surface area contributed by atoms with Crippen LogP contribution in [0.2, 0.25) is 0 Å². The molecule has 1 saturated carbocycles. The van der Waals surface area contributed by atoms with Crippen molar-refractivity contribution in [3.8, 4) is 0 Å². The number of rotatable bonds is 3. The summed E-state index contributed by atoms with van der Waals surface area (Å²) in [4.78, 5) is 14.6. The highest BCUT2D eigenvalue weighted by Gasteiger charge is 2.34. The highest BCUT2D eigenvalue weighted by molar-refractivity contribution is 5.79. The van der Waals surface area contributed by atoms with Gasteiger partial charge in [0.05, 0.1) is 12.6 Å². The van der Waals surface area contributed by atoms with Crippen molar-refractivity contribution in [3.05, 3.63) is 29.8 Å². The summed E-state index contributed by atoms with van der Waals surface area (Å²) in [6.45, 7) is 0.925. The zero-order valence-corrected chi connectivity index (χ0v) is 13.1. The number of carbonyl (C=O) groups excluding carboxylic acids is 1. The molecule has 0 aromatic heterocycles. The molecule has 1 aliphatic heterocycles. The Balaban J connectivity index is 1.57. The third kappa shape index (κ3) is 3.12. The lowest BCUT2D eigenvalue weighted by Crippen LogP contribution is -2.42. The summed E-state index contributed by atoms with van der Waals surface area (Å²) >= 11 is 0. The molecule has 2 aliphatic rings. The molecule has 1 atom stereocenters. The number of likely N-dealkylation sites (tertiary alicyclic amines) is 1. The quantitative estimate of drug-likeness (QED) is 0.843. The molecule has 3 rings (SSSR count). The third-order valence-electron chi connectivity index (χ3n) is 5.36. The Morgan fingerprint density at radius 1 is 1.14 bits per heavy atom. The molecule has 0 unspecified atom stereocenters. The van der Waals surface area contributed by atoms with Crippen LogP contribution < -0.4 is 5.73 Å². The lowest BCUT2D eigenvalue weighted by Gasteiger charge is -2.32. The van der Waals surface area contributed by atoms with Gasteiger partial charge in [0.15, 0.2) is 0 Å². The normalized spacial score (nSPS) is 28.8. The molecule has 0 bridgehead atoms. The highest BCUT2D eigenvalue weighted by atomic mass is 16.3. The van der Waals surface area contributed by atoms with Crippen molar-refractivity contribution in [1.29, 1.82) is 0 Å². The molecule has 1 saturated heterocycles. The van der Waals surface area contributed by atoms with Crippen molar-refractivity contribution in [2.75, 3.05) is 18.9 Å². The van der Waals surface area contributed by atoms with Crippen LogP contribution in [0.25, 0.3) is 0 Å². The summed E-state index contributed by atoms with van der Waals surface area (Å²) in [5.41, 5.74) is 7.89. The first-order chi connectivity index (χ1) is 10.7. The molecule has 4 heteroatoms. The summed E-state index contributed by atoms with van der Waals surface area (Å²) in [5, 5.41) is 9.39. The molecular formula is C18H26N2O2. The van der Waals surface area contributed by atoms with Gasteiger partial charge in [-0.05, 0) is 62.1 Å². The largest absolute Gasteiger partial charge is 0.399 e. The minimum absolute atomic E-state index is 0.0577. The van der Waals surface area contributed by atoms with Gasteiger partial charge < -0.3 is 15.7 Å². The van der Waals surface area contributed by atoms with E-state index in [4.69, 9.17) is 5.73 Å². The summed E-state index contributed by atoms with van der Waals surface area (Å²) in [7, 11) is 0. The Hall–Kier alpha value is -1.55. The number of nitrogen functional groups attached to an aromatic ring is 1. The predicted octanol–water partition coefficient (Wildman–Crippen LogP) is 2.53. The van der Waals surface area contributed by atoms with Crippen LogP contribution in [-0.4, -0.2) is 35.1 Å². The topological polar surface area (TPSA) is 66.6 Å². The van der Waals surface area contributed by atoms with Gasteiger partial charge in [0.2, 0.25) is 5.91 Å². The number of aliphatic hydroxyl groups excluding tert-OH is 1. The molecule has 22 heavy (non-hydrogen) atoms. The van der Waals surface area contributed by atoms with Crippen LogP contribution in [0.15, 0.2) is 24.3 Å². The van der Waals surface area contributed by atoms with Crippen LogP contribution >= 0.6 is 0 Å². The summed E-state index contributed by atoms with van der Waals surface area (Å²) < 4.78 is 0. The van der Waals surface area contributed by atoms with Gasteiger partial charge in [-0.15, -0.1) is 0 Å². The number of nitrogens with two attached hydrogens (primary N) is 1. The molecule has 1 aromatic carbocycles. The first kappa shape index (κ1) is 15.3. The molecule has 1 aliphatic carbocycles. The molecule has 120 valence electrons. The fraction of sp³-hybridized carbons (Fsp3) is 0.611. The summed E-state index contributed by atoms with van der Waals surface area (Å²) in [5.74, 6) is 0.973. The smallest absolute Gasteiger partial charge is 0.226 e. The van der Waals surface area contributed by atoms with E-state index in [0.717, 1.165) is 50.8 Å². The van der Waals surface area contributed by atoms with Gasteiger partial charge in [0.1, 0.15) is 0 Å². The fourth-order valence-electron chi connectivity index (χ4n) is 3.99. The van der Waals surface area contributed by atoms with E-state index in [-0.39, 0.29) is 24.5 Å². The zero-order valence-electron chi connectivity index (χ0n) is 13.1. The van der Waals surface area contributed by atoms with Gasteiger partial charge in [0, 0.05) is 18.2 Å². The van der Waals surface area contributed by atoms with E-state index in [9.17, 15) is 9.90 Å². The molecule has 4 nitrogen and oxygen atoms in total. The summed E-state index contributed by atoms with van der Waals surface area (Å²) in [6, 6.07) is 8.21. The van der Waals surface area contributed by atoms with Gasteiger partial charge in [-0.2, -0.15) is 0 Å². The van der Waals surface area contributed by atoms with Crippen LogP contribution in [0, 0.1) is 5.92 Å². The maximum absolute atomic E-state index is 12.7. The maximum atomic E-state index is 12.7. The number of nitrogens with zero attached hydrogens (tertiary/aromatic N) is 1. The number of carbonyl (C=O) groups is 1. The van der Waals surface area contributed by atoms with E-state index in [1.807, 2.05) is 17.0 Å². The zero-order chi connectivity index (χ0) is 15.5. The Labute approximate surface area is 132 Å². The van der Waals surface area contributed by atoms with Gasteiger partial charge in [-0.25, -0.2) is 0 Å². The molecule has 0 spiro atoms. The molecular weight excluding hydrogens is 276 g/mol. The molecule has 1 aromatic rings. The SMILES string of the molecule is Nc1ccc(C2CCC(C(=O)N3CCC[C@H]3CO)CC2)cc1. The minimum atomic E-state index is 0.0577. The molecule has 2 fully saturated rings. The third-order valence-corrected chi connectivity index (χ3v) is 5.36. The first-order valence-electron chi connectivity index (χ1n) is 8.46. The molecule has 1 heterocycles. The molecule has 1 amide bonds. The second-order valence-corrected chi connectivity index (χ2v) is 6.73. The van der Waals surface area contributed by atoms with E-state index >= 15 is 0 Å². The van der Waals surface area contributed by atoms with Crippen molar-refractivity contribution in [2.24, 2.45) is 5.92 Å². The number of hydrogen-bond donors (Lipinski definition) is 2. The fourth-order valence-corrected chi connectivity index (χ4v) is 3.99. The maximum Gasteiger partial charge on any atom is 0.226 e. The van der Waals surface area contributed by atoms with E-state index in [0.29, 0.717) is 5.92 Å². The second-order valence-electron chi connectivity index (χ2n) is 6.73. The van der Waals surface area contributed by atoms with Crippen molar-refractivity contribution in [1.82, 2.24) is 4.90 Å². The van der Waals surface area contributed by atoms with Crippen molar-refractivity contribution in [3.63, 3.8) is 0 Å². The van der Waals surface area contributed by atoms with Gasteiger partial charge in [-0.3, -0.25) is 4.79 Å². The number of aliphatic hydroxyl groups is 1. The minimum Gasteiger partial charge on any atom is -0.399 e. The molecule has 0 radical (unpaired) electrons. The summed E-state index contributed by atoms with van der Waals surface area (Å²) in [6.07, 6.45) is 6.03. The second kappa shape index (κ2) is 6.69. The average Bonchev–Trinajstić information content (AvgIpc) is 3.04. The first-order valence-corrected chi connectivity index (χ1v) is 8.46. The van der Waals surface area contributed by atoms with E-state index < -0.39 is 0 Å². The lowest BCUT2D eigenvalue weighted by atomic mass is 9.78. The Bertz CT molecular complexity index is 506. The number of amides is 1. The van der Waals surface area contributed by atoms with Gasteiger partial charge in [0.25, 0.3) is 0 Å². The monoisotopic (exact) mass is 302 g/mol. The predicted molar refractivity (Wildman–Crippen MR) is 87.4 cm³/mol. The van der Waals surface area contributed by atoms with Crippen LogP contribution in [0.5, 0.6) is 0 Å². The number of anilines is 1. The van der Waals surface area contributed by atoms with Crippen molar-refractivity contribution < 1.29 is 9.90 Å². The number of benzene rings is 1. The van der Waals surface area contributed by atoms with Gasteiger partial charge >= 0.3 is 0 Å². The van der Waals surface area contributed by atoms with Crippen LogP contribution in [0.3, 0.4) is 0 Å². The Morgan fingerprint density at radius 3 is 2.45 bits per heavy atom. The van der Waals surface area contributed by atoms with E-state index in [2.05, 4.69) is 12.1 Å². The van der Waals surface area contributed by atoms with Crippen LogP contribution in [0.1, 0.15) is 50.0 Å². The Morgan fingerprint density at radius 2 is 1.82 bits per heavy atom.